The SMILES string of the molecule is CCC(O)(CC)CNC(=O)CCNC(=O)c1ccccc1. The Morgan fingerprint density at radius 3 is 2.29 bits per heavy atom. The lowest BCUT2D eigenvalue weighted by Crippen LogP contribution is -2.42. The molecule has 0 aliphatic carbocycles. The van der Waals surface area contributed by atoms with Crippen LogP contribution in [-0.4, -0.2) is 35.6 Å². The van der Waals surface area contributed by atoms with Crippen molar-refractivity contribution in [1.29, 1.82) is 0 Å². The second-order valence-electron chi connectivity index (χ2n) is 5.08. The third-order valence-electron chi connectivity index (χ3n) is 3.60. The molecule has 0 unspecified atom stereocenters. The first-order valence-electron chi connectivity index (χ1n) is 7.33. The van der Waals surface area contributed by atoms with Gasteiger partial charge in [0.1, 0.15) is 0 Å². The summed E-state index contributed by atoms with van der Waals surface area (Å²) in [6.07, 6.45) is 1.38. The molecule has 0 heterocycles. The lowest BCUT2D eigenvalue weighted by Gasteiger charge is -2.25. The van der Waals surface area contributed by atoms with Crippen molar-refractivity contribution in [3.8, 4) is 0 Å². The molecule has 0 aliphatic heterocycles. The van der Waals surface area contributed by atoms with Gasteiger partial charge in [0.15, 0.2) is 0 Å². The van der Waals surface area contributed by atoms with Crippen LogP contribution in [-0.2, 0) is 4.79 Å². The van der Waals surface area contributed by atoms with E-state index in [9.17, 15) is 14.7 Å². The molecule has 3 N–H and O–H groups in total. The lowest BCUT2D eigenvalue weighted by molar-refractivity contribution is -0.122. The van der Waals surface area contributed by atoms with Gasteiger partial charge in [-0.25, -0.2) is 0 Å². The normalized spacial score (nSPS) is 11.0. The van der Waals surface area contributed by atoms with Gasteiger partial charge in [0.2, 0.25) is 5.91 Å². The number of carbonyl (C=O) groups is 2. The molecule has 0 saturated heterocycles. The van der Waals surface area contributed by atoms with Crippen LogP contribution in [0.25, 0.3) is 0 Å². The zero-order chi connectivity index (χ0) is 15.7. The highest BCUT2D eigenvalue weighted by Crippen LogP contribution is 2.12. The van der Waals surface area contributed by atoms with E-state index in [2.05, 4.69) is 10.6 Å². The summed E-state index contributed by atoms with van der Waals surface area (Å²) in [5, 5.41) is 15.4. The van der Waals surface area contributed by atoms with Crippen molar-refractivity contribution in [2.45, 2.75) is 38.7 Å². The van der Waals surface area contributed by atoms with E-state index in [1.54, 1.807) is 24.3 Å². The number of hydrogen-bond donors (Lipinski definition) is 3. The highest BCUT2D eigenvalue weighted by atomic mass is 16.3. The van der Waals surface area contributed by atoms with Crippen molar-refractivity contribution in [2.75, 3.05) is 13.1 Å². The van der Waals surface area contributed by atoms with Crippen LogP contribution in [0.2, 0.25) is 0 Å². The zero-order valence-corrected chi connectivity index (χ0v) is 12.7. The van der Waals surface area contributed by atoms with Gasteiger partial charge in [-0.2, -0.15) is 0 Å². The topological polar surface area (TPSA) is 78.4 Å². The maximum atomic E-state index is 11.8. The third-order valence-corrected chi connectivity index (χ3v) is 3.60. The Labute approximate surface area is 125 Å². The van der Waals surface area contributed by atoms with E-state index >= 15 is 0 Å². The molecule has 0 bridgehead atoms. The van der Waals surface area contributed by atoms with Crippen LogP contribution < -0.4 is 10.6 Å². The maximum Gasteiger partial charge on any atom is 0.251 e. The summed E-state index contributed by atoms with van der Waals surface area (Å²) < 4.78 is 0. The summed E-state index contributed by atoms with van der Waals surface area (Å²) in [7, 11) is 0. The Kier molecular flexibility index (Phi) is 6.88. The van der Waals surface area contributed by atoms with Crippen molar-refractivity contribution in [2.24, 2.45) is 0 Å². The molecule has 5 heteroatoms. The molecule has 0 radical (unpaired) electrons. The Balaban J connectivity index is 2.26. The van der Waals surface area contributed by atoms with E-state index in [-0.39, 0.29) is 31.3 Å². The highest BCUT2D eigenvalue weighted by molar-refractivity contribution is 5.94. The Morgan fingerprint density at radius 1 is 1.10 bits per heavy atom. The highest BCUT2D eigenvalue weighted by Gasteiger charge is 2.22. The second-order valence-corrected chi connectivity index (χ2v) is 5.08. The molecule has 0 spiro atoms. The van der Waals surface area contributed by atoms with Crippen molar-refractivity contribution in [1.82, 2.24) is 10.6 Å². The Morgan fingerprint density at radius 2 is 1.71 bits per heavy atom. The minimum absolute atomic E-state index is 0.177. The molecule has 5 nitrogen and oxygen atoms in total. The van der Waals surface area contributed by atoms with Gasteiger partial charge in [-0.3, -0.25) is 9.59 Å². The molecule has 0 saturated carbocycles. The minimum Gasteiger partial charge on any atom is -0.388 e. The van der Waals surface area contributed by atoms with Gasteiger partial charge in [-0.05, 0) is 25.0 Å². The van der Waals surface area contributed by atoms with E-state index in [0.717, 1.165) is 0 Å². The van der Waals surface area contributed by atoms with Crippen molar-refractivity contribution in [3.63, 3.8) is 0 Å². The van der Waals surface area contributed by atoms with E-state index in [1.807, 2.05) is 19.9 Å². The van der Waals surface area contributed by atoms with Gasteiger partial charge in [0.05, 0.1) is 5.60 Å². The average Bonchev–Trinajstić information content (AvgIpc) is 2.53. The van der Waals surface area contributed by atoms with E-state index in [0.29, 0.717) is 18.4 Å². The predicted octanol–water partition coefficient (Wildman–Crippen LogP) is 1.47. The molecule has 1 rings (SSSR count). The fourth-order valence-corrected chi connectivity index (χ4v) is 1.83. The van der Waals surface area contributed by atoms with Crippen LogP contribution in [0.3, 0.4) is 0 Å². The third kappa shape index (κ3) is 5.95. The Bertz CT molecular complexity index is 456. The summed E-state index contributed by atoms with van der Waals surface area (Å²) in [4.78, 5) is 23.4. The maximum absolute atomic E-state index is 11.8. The molecule has 2 amide bonds. The molecule has 116 valence electrons. The van der Waals surface area contributed by atoms with Gasteiger partial charge < -0.3 is 15.7 Å². The number of rotatable bonds is 8. The molecular formula is C16H24N2O3. The first-order chi connectivity index (χ1) is 10.0. The minimum atomic E-state index is -0.844. The second kappa shape index (κ2) is 8.42. The quantitative estimate of drug-likeness (QED) is 0.679. The number of benzene rings is 1. The van der Waals surface area contributed by atoms with Gasteiger partial charge in [0.25, 0.3) is 5.91 Å². The first kappa shape index (κ1) is 17.2. The monoisotopic (exact) mass is 292 g/mol. The fraction of sp³-hybridized carbons (Fsp3) is 0.500. The summed E-state index contributed by atoms with van der Waals surface area (Å²) in [5.41, 5.74) is -0.271. The molecule has 1 aromatic rings. The molecule has 0 aliphatic rings. The van der Waals surface area contributed by atoms with Crippen molar-refractivity contribution in [3.05, 3.63) is 35.9 Å². The molecule has 0 atom stereocenters. The fourth-order valence-electron chi connectivity index (χ4n) is 1.83. The first-order valence-corrected chi connectivity index (χ1v) is 7.33. The van der Waals surface area contributed by atoms with Crippen molar-refractivity contribution >= 4 is 11.8 Å². The lowest BCUT2D eigenvalue weighted by atomic mass is 9.97. The molecule has 0 aromatic heterocycles. The predicted molar refractivity (Wildman–Crippen MR) is 81.9 cm³/mol. The standard InChI is InChI=1S/C16H24N2O3/c1-3-16(21,4-2)12-18-14(19)10-11-17-15(20)13-8-6-5-7-9-13/h5-9,21H,3-4,10-12H2,1-2H3,(H,17,20)(H,18,19). The number of carbonyl (C=O) groups excluding carboxylic acids is 2. The van der Waals surface area contributed by atoms with Crippen LogP contribution in [0.4, 0.5) is 0 Å². The number of hydrogen-bond acceptors (Lipinski definition) is 3. The molecule has 1 aromatic carbocycles. The van der Waals surface area contributed by atoms with Gasteiger partial charge in [-0.1, -0.05) is 32.0 Å². The van der Waals surface area contributed by atoms with Crippen LogP contribution in [0.5, 0.6) is 0 Å². The number of nitrogens with one attached hydrogen (secondary N) is 2. The van der Waals surface area contributed by atoms with Gasteiger partial charge >= 0.3 is 0 Å². The number of aliphatic hydroxyl groups is 1. The molecule has 21 heavy (non-hydrogen) atoms. The summed E-state index contributed by atoms with van der Waals surface area (Å²) in [6, 6.07) is 8.86. The van der Waals surface area contributed by atoms with Crippen LogP contribution >= 0.6 is 0 Å². The molecular weight excluding hydrogens is 268 g/mol. The Hall–Kier alpha value is -1.88. The smallest absolute Gasteiger partial charge is 0.251 e. The average molecular weight is 292 g/mol. The summed E-state index contributed by atoms with van der Waals surface area (Å²) >= 11 is 0. The summed E-state index contributed by atoms with van der Waals surface area (Å²) in [5.74, 6) is -0.370. The van der Waals surface area contributed by atoms with Gasteiger partial charge in [-0.15, -0.1) is 0 Å². The van der Waals surface area contributed by atoms with E-state index in [4.69, 9.17) is 0 Å². The van der Waals surface area contributed by atoms with E-state index in [1.165, 1.54) is 0 Å². The van der Waals surface area contributed by atoms with Crippen LogP contribution in [0, 0.1) is 0 Å². The van der Waals surface area contributed by atoms with Gasteiger partial charge in [0, 0.05) is 25.1 Å². The molecule has 0 fully saturated rings. The van der Waals surface area contributed by atoms with Crippen LogP contribution in [0.15, 0.2) is 30.3 Å². The summed E-state index contributed by atoms with van der Waals surface area (Å²) in [6.45, 7) is 4.28. The van der Waals surface area contributed by atoms with E-state index < -0.39 is 5.60 Å². The van der Waals surface area contributed by atoms with Crippen LogP contribution in [0.1, 0.15) is 43.5 Å². The zero-order valence-electron chi connectivity index (χ0n) is 12.7. The largest absolute Gasteiger partial charge is 0.388 e. The van der Waals surface area contributed by atoms with Crippen molar-refractivity contribution < 1.29 is 14.7 Å². The number of amides is 2.